The molecule has 0 aliphatic rings. The molecule has 0 bridgehead atoms. The molecule has 1 amide bonds. The summed E-state index contributed by atoms with van der Waals surface area (Å²) in [4.78, 5) is 13.6. The molecule has 0 unspecified atom stereocenters. The van der Waals surface area contributed by atoms with Crippen LogP contribution in [-0.2, 0) is 17.6 Å². The summed E-state index contributed by atoms with van der Waals surface area (Å²) in [5.74, 6) is -0.0625. The topological polar surface area (TPSA) is 64.3 Å². The Morgan fingerprint density at radius 2 is 1.95 bits per heavy atom. The van der Waals surface area contributed by atoms with E-state index in [4.69, 9.17) is 5.26 Å². The maximum absolute atomic E-state index is 12.1. The predicted octanol–water partition coefficient (Wildman–Crippen LogP) is 1.52. The van der Waals surface area contributed by atoms with Crippen molar-refractivity contribution in [3.63, 3.8) is 0 Å². The number of nitrogens with zero attached hydrogens (tertiary/aromatic N) is 2. The molecule has 0 saturated heterocycles. The van der Waals surface area contributed by atoms with Gasteiger partial charge in [-0.1, -0.05) is 24.3 Å². The Balaban J connectivity index is 2.75. The number of carbonyl (C=O) groups excluding carboxylic acids is 1. The van der Waals surface area contributed by atoms with Crippen molar-refractivity contribution in [3.05, 3.63) is 35.4 Å². The molecule has 0 spiro atoms. The van der Waals surface area contributed by atoms with Gasteiger partial charge in [-0.3, -0.25) is 4.79 Å². The van der Waals surface area contributed by atoms with E-state index in [0.29, 0.717) is 6.42 Å². The molecule has 0 heterocycles. The standard InChI is InChI=1S/C15H20N2O2/c1-15(2,19)11-17(3)14(18)10-13-7-5-4-6-12(13)8-9-16/h4-7,19H,8,10-11H2,1-3H3. The molecule has 0 aromatic heterocycles. The van der Waals surface area contributed by atoms with Gasteiger partial charge < -0.3 is 10.0 Å². The summed E-state index contributed by atoms with van der Waals surface area (Å²) in [7, 11) is 1.67. The van der Waals surface area contributed by atoms with Crippen molar-refractivity contribution < 1.29 is 9.90 Å². The van der Waals surface area contributed by atoms with E-state index in [1.54, 1.807) is 20.9 Å². The fourth-order valence-electron chi connectivity index (χ4n) is 1.95. The van der Waals surface area contributed by atoms with Crippen molar-refractivity contribution in [2.24, 2.45) is 0 Å². The molecule has 1 rings (SSSR count). The Kier molecular flexibility index (Phi) is 5.08. The number of amides is 1. The first-order valence-corrected chi connectivity index (χ1v) is 6.23. The van der Waals surface area contributed by atoms with E-state index in [0.717, 1.165) is 11.1 Å². The van der Waals surface area contributed by atoms with Gasteiger partial charge in [-0.05, 0) is 25.0 Å². The Morgan fingerprint density at radius 1 is 1.37 bits per heavy atom. The highest BCUT2D eigenvalue weighted by atomic mass is 16.3. The number of hydrogen-bond acceptors (Lipinski definition) is 3. The number of likely N-dealkylation sites (N-methyl/N-ethyl adjacent to an activating group) is 1. The highest BCUT2D eigenvalue weighted by molar-refractivity contribution is 5.79. The lowest BCUT2D eigenvalue weighted by Gasteiger charge is -2.25. The molecule has 0 saturated carbocycles. The van der Waals surface area contributed by atoms with Crippen LogP contribution in [0.5, 0.6) is 0 Å². The van der Waals surface area contributed by atoms with Gasteiger partial charge >= 0.3 is 0 Å². The molecule has 0 aliphatic heterocycles. The highest BCUT2D eigenvalue weighted by Crippen LogP contribution is 2.12. The van der Waals surface area contributed by atoms with E-state index < -0.39 is 5.60 Å². The third kappa shape index (κ3) is 5.11. The summed E-state index contributed by atoms with van der Waals surface area (Å²) in [6.45, 7) is 3.62. The van der Waals surface area contributed by atoms with Gasteiger partial charge in [-0.15, -0.1) is 0 Å². The summed E-state index contributed by atoms with van der Waals surface area (Å²) in [5, 5.41) is 18.5. The van der Waals surface area contributed by atoms with Crippen LogP contribution in [0.2, 0.25) is 0 Å². The molecule has 0 fully saturated rings. The fraction of sp³-hybridized carbons (Fsp3) is 0.467. The van der Waals surface area contributed by atoms with Crippen LogP contribution >= 0.6 is 0 Å². The predicted molar refractivity (Wildman–Crippen MR) is 73.4 cm³/mol. The molecule has 0 aliphatic carbocycles. The molecule has 0 radical (unpaired) electrons. The summed E-state index contributed by atoms with van der Waals surface area (Å²) in [6.07, 6.45) is 0.559. The second kappa shape index (κ2) is 6.35. The summed E-state index contributed by atoms with van der Waals surface area (Å²) in [6, 6.07) is 9.55. The number of hydrogen-bond donors (Lipinski definition) is 1. The minimum Gasteiger partial charge on any atom is -0.389 e. The lowest BCUT2D eigenvalue weighted by atomic mass is 10.0. The van der Waals surface area contributed by atoms with Crippen LogP contribution in [0, 0.1) is 11.3 Å². The van der Waals surface area contributed by atoms with Gasteiger partial charge in [0.05, 0.1) is 24.5 Å². The van der Waals surface area contributed by atoms with Crippen molar-refractivity contribution >= 4 is 5.91 Å². The van der Waals surface area contributed by atoms with Gasteiger partial charge in [0.25, 0.3) is 0 Å². The first-order valence-electron chi connectivity index (χ1n) is 6.23. The third-order valence-corrected chi connectivity index (χ3v) is 2.78. The van der Waals surface area contributed by atoms with Crippen LogP contribution in [0.1, 0.15) is 25.0 Å². The van der Waals surface area contributed by atoms with E-state index in [-0.39, 0.29) is 18.9 Å². The Morgan fingerprint density at radius 3 is 2.47 bits per heavy atom. The van der Waals surface area contributed by atoms with Crippen molar-refractivity contribution in [1.29, 1.82) is 5.26 Å². The molecule has 1 aromatic rings. The van der Waals surface area contributed by atoms with E-state index in [2.05, 4.69) is 6.07 Å². The zero-order valence-electron chi connectivity index (χ0n) is 11.7. The average Bonchev–Trinajstić information content (AvgIpc) is 2.29. The van der Waals surface area contributed by atoms with Crippen LogP contribution in [-0.4, -0.2) is 35.1 Å². The van der Waals surface area contributed by atoms with Crippen LogP contribution in [0.15, 0.2) is 24.3 Å². The van der Waals surface area contributed by atoms with Gasteiger partial charge in [-0.2, -0.15) is 5.26 Å². The number of aliphatic hydroxyl groups is 1. The van der Waals surface area contributed by atoms with Crippen LogP contribution < -0.4 is 0 Å². The Bertz CT molecular complexity index is 484. The van der Waals surface area contributed by atoms with Gasteiger partial charge in [0.15, 0.2) is 0 Å². The molecule has 4 heteroatoms. The van der Waals surface area contributed by atoms with Crippen LogP contribution in [0.3, 0.4) is 0 Å². The minimum absolute atomic E-state index is 0.0625. The third-order valence-electron chi connectivity index (χ3n) is 2.78. The number of rotatable bonds is 5. The molecule has 4 nitrogen and oxygen atoms in total. The highest BCUT2D eigenvalue weighted by Gasteiger charge is 2.19. The molecule has 1 aromatic carbocycles. The van der Waals surface area contributed by atoms with Crippen molar-refractivity contribution in [3.8, 4) is 6.07 Å². The largest absolute Gasteiger partial charge is 0.389 e. The molecule has 102 valence electrons. The van der Waals surface area contributed by atoms with Crippen molar-refractivity contribution in [2.45, 2.75) is 32.3 Å². The van der Waals surface area contributed by atoms with Crippen molar-refractivity contribution in [2.75, 3.05) is 13.6 Å². The van der Waals surface area contributed by atoms with Gasteiger partial charge in [0.1, 0.15) is 0 Å². The summed E-state index contributed by atoms with van der Waals surface area (Å²) in [5.41, 5.74) is 0.850. The summed E-state index contributed by atoms with van der Waals surface area (Å²) >= 11 is 0. The Labute approximate surface area is 114 Å². The van der Waals surface area contributed by atoms with E-state index in [9.17, 15) is 9.90 Å². The van der Waals surface area contributed by atoms with Crippen molar-refractivity contribution in [1.82, 2.24) is 4.90 Å². The van der Waals surface area contributed by atoms with E-state index in [1.807, 2.05) is 24.3 Å². The second-order valence-corrected chi connectivity index (χ2v) is 5.34. The van der Waals surface area contributed by atoms with Gasteiger partial charge in [0.2, 0.25) is 5.91 Å². The first kappa shape index (κ1) is 15.2. The number of nitriles is 1. The minimum atomic E-state index is -0.906. The van der Waals surface area contributed by atoms with Gasteiger partial charge in [0, 0.05) is 13.6 Å². The molecule has 0 atom stereocenters. The number of benzene rings is 1. The normalized spacial score (nSPS) is 10.9. The summed E-state index contributed by atoms with van der Waals surface area (Å²) < 4.78 is 0. The quantitative estimate of drug-likeness (QED) is 0.873. The van der Waals surface area contributed by atoms with Crippen LogP contribution in [0.4, 0.5) is 0 Å². The zero-order valence-corrected chi connectivity index (χ0v) is 11.7. The monoisotopic (exact) mass is 260 g/mol. The maximum atomic E-state index is 12.1. The average molecular weight is 260 g/mol. The molecular formula is C15H20N2O2. The first-order chi connectivity index (χ1) is 8.83. The van der Waals surface area contributed by atoms with Crippen LogP contribution in [0.25, 0.3) is 0 Å². The SMILES string of the molecule is CN(CC(C)(C)O)C(=O)Cc1ccccc1CC#N. The molecule has 1 N–H and O–H groups in total. The zero-order chi connectivity index (χ0) is 14.5. The lowest BCUT2D eigenvalue weighted by molar-refractivity contribution is -0.131. The fourth-order valence-corrected chi connectivity index (χ4v) is 1.95. The lowest BCUT2D eigenvalue weighted by Crippen LogP contribution is -2.40. The second-order valence-electron chi connectivity index (χ2n) is 5.34. The van der Waals surface area contributed by atoms with E-state index >= 15 is 0 Å². The molecule has 19 heavy (non-hydrogen) atoms. The molecular weight excluding hydrogens is 240 g/mol. The Hall–Kier alpha value is -1.86. The van der Waals surface area contributed by atoms with E-state index in [1.165, 1.54) is 4.90 Å². The number of carbonyl (C=O) groups is 1. The maximum Gasteiger partial charge on any atom is 0.226 e. The smallest absolute Gasteiger partial charge is 0.226 e. The van der Waals surface area contributed by atoms with Gasteiger partial charge in [-0.25, -0.2) is 0 Å².